The third-order valence-electron chi connectivity index (χ3n) is 4.23. The fourth-order valence-corrected chi connectivity index (χ4v) is 2.84. The highest BCUT2D eigenvalue weighted by molar-refractivity contribution is 5.84. The van der Waals surface area contributed by atoms with Gasteiger partial charge in [-0.05, 0) is 41.5 Å². The molecule has 1 amide bonds. The molecule has 0 spiro atoms. The first-order valence-electron chi connectivity index (χ1n) is 8.18. The van der Waals surface area contributed by atoms with Crippen LogP contribution in [0.5, 0.6) is 0 Å². The summed E-state index contributed by atoms with van der Waals surface area (Å²) in [7, 11) is 1.93. The molecule has 3 aromatic carbocycles. The highest BCUT2D eigenvalue weighted by Gasteiger charge is 2.12. The van der Waals surface area contributed by atoms with Gasteiger partial charge in [0.05, 0.1) is 12.6 Å². The predicted octanol–water partition coefficient (Wildman–Crippen LogP) is 4.15. The smallest absolute Gasteiger partial charge is 0.239 e. The van der Waals surface area contributed by atoms with E-state index in [4.69, 9.17) is 0 Å². The number of likely N-dealkylation sites (N-methyl/N-ethyl adjacent to an activating group) is 1. The van der Waals surface area contributed by atoms with E-state index >= 15 is 0 Å². The number of carbonyl (C=O) groups is 1. The molecule has 1 atom stereocenters. The summed E-state index contributed by atoms with van der Waals surface area (Å²) in [5.74, 6) is 0.0158. The number of carbonyl (C=O) groups excluding carboxylic acids is 1. The maximum absolute atomic E-state index is 12.3. The zero-order valence-corrected chi connectivity index (χ0v) is 14.1. The standard InChI is InChI=1S/C21H22N2O/c1-16(18-13-12-17-8-6-7-9-19(17)14-18)22-21(24)15-23(2)20-10-4-3-5-11-20/h3-14,16H,15H2,1-2H3,(H,22,24). The second-order valence-electron chi connectivity index (χ2n) is 6.09. The van der Waals surface area contributed by atoms with Crippen molar-refractivity contribution in [3.05, 3.63) is 78.4 Å². The van der Waals surface area contributed by atoms with E-state index in [1.807, 2.05) is 61.3 Å². The number of benzene rings is 3. The first-order chi connectivity index (χ1) is 11.6. The van der Waals surface area contributed by atoms with E-state index in [1.54, 1.807) is 0 Å². The van der Waals surface area contributed by atoms with E-state index in [0.717, 1.165) is 11.3 Å². The number of hydrogen-bond donors (Lipinski definition) is 1. The van der Waals surface area contributed by atoms with Crippen molar-refractivity contribution in [1.29, 1.82) is 0 Å². The van der Waals surface area contributed by atoms with Crippen LogP contribution in [0, 0.1) is 0 Å². The lowest BCUT2D eigenvalue weighted by Crippen LogP contribution is -2.36. The van der Waals surface area contributed by atoms with Crippen LogP contribution in [0.15, 0.2) is 72.8 Å². The fourth-order valence-electron chi connectivity index (χ4n) is 2.84. The van der Waals surface area contributed by atoms with E-state index < -0.39 is 0 Å². The quantitative estimate of drug-likeness (QED) is 0.766. The maximum Gasteiger partial charge on any atom is 0.239 e. The summed E-state index contributed by atoms with van der Waals surface area (Å²) in [6, 6.07) is 24.5. The molecule has 0 saturated heterocycles. The Balaban J connectivity index is 1.64. The first-order valence-corrected chi connectivity index (χ1v) is 8.18. The molecule has 3 rings (SSSR count). The third kappa shape index (κ3) is 3.74. The van der Waals surface area contributed by atoms with Crippen molar-refractivity contribution < 1.29 is 4.79 Å². The Morgan fingerprint density at radius 3 is 2.38 bits per heavy atom. The van der Waals surface area contributed by atoms with Crippen LogP contribution in [0.1, 0.15) is 18.5 Å². The second kappa shape index (κ2) is 7.18. The minimum Gasteiger partial charge on any atom is -0.365 e. The van der Waals surface area contributed by atoms with Gasteiger partial charge in [-0.1, -0.05) is 54.6 Å². The van der Waals surface area contributed by atoms with Gasteiger partial charge in [0, 0.05) is 12.7 Å². The van der Waals surface area contributed by atoms with E-state index in [9.17, 15) is 4.79 Å². The molecule has 0 radical (unpaired) electrons. The lowest BCUT2D eigenvalue weighted by molar-refractivity contribution is -0.120. The molecule has 1 N–H and O–H groups in total. The highest BCUT2D eigenvalue weighted by atomic mass is 16.2. The average Bonchev–Trinajstić information content (AvgIpc) is 2.61. The Morgan fingerprint density at radius 1 is 0.958 bits per heavy atom. The minimum atomic E-state index is -0.0220. The molecule has 0 bridgehead atoms. The number of anilines is 1. The van der Waals surface area contributed by atoms with Crippen LogP contribution in [0.3, 0.4) is 0 Å². The lowest BCUT2D eigenvalue weighted by Gasteiger charge is -2.21. The Hall–Kier alpha value is -2.81. The zero-order valence-electron chi connectivity index (χ0n) is 14.1. The summed E-state index contributed by atoms with van der Waals surface area (Å²) < 4.78 is 0. The van der Waals surface area contributed by atoms with Gasteiger partial charge in [0.1, 0.15) is 0 Å². The fraction of sp³-hybridized carbons (Fsp3) is 0.190. The molecule has 0 aliphatic rings. The van der Waals surface area contributed by atoms with Gasteiger partial charge < -0.3 is 10.2 Å². The van der Waals surface area contributed by atoms with Gasteiger partial charge >= 0.3 is 0 Å². The van der Waals surface area contributed by atoms with Crippen molar-refractivity contribution in [3.8, 4) is 0 Å². The lowest BCUT2D eigenvalue weighted by atomic mass is 10.0. The Bertz CT molecular complexity index is 829. The SMILES string of the molecule is CC(NC(=O)CN(C)c1ccccc1)c1ccc2ccccc2c1. The summed E-state index contributed by atoms with van der Waals surface area (Å²) in [4.78, 5) is 14.3. The molecule has 1 unspecified atom stereocenters. The van der Waals surface area contributed by atoms with Gasteiger partial charge in [0.25, 0.3) is 0 Å². The van der Waals surface area contributed by atoms with Crippen molar-refractivity contribution in [2.24, 2.45) is 0 Å². The first kappa shape index (κ1) is 16.1. The number of nitrogens with zero attached hydrogens (tertiary/aromatic N) is 1. The van der Waals surface area contributed by atoms with Crippen molar-refractivity contribution in [1.82, 2.24) is 5.32 Å². The van der Waals surface area contributed by atoms with E-state index in [1.165, 1.54) is 10.8 Å². The van der Waals surface area contributed by atoms with Crippen LogP contribution in [-0.2, 0) is 4.79 Å². The predicted molar refractivity (Wildman–Crippen MR) is 100 cm³/mol. The molecule has 0 saturated carbocycles. The molecule has 3 heteroatoms. The molecule has 0 heterocycles. The van der Waals surface area contributed by atoms with Crippen LogP contribution >= 0.6 is 0 Å². The van der Waals surface area contributed by atoms with Crippen LogP contribution in [0.2, 0.25) is 0 Å². The molecule has 122 valence electrons. The van der Waals surface area contributed by atoms with Gasteiger partial charge in [-0.2, -0.15) is 0 Å². The van der Waals surface area contributed by atoms with Gasteiger partial charge in [0.2, 0.25) is 5.91 Å². The van der Waals surface area contributed by atoms with Crippen molar-refractivity contribution in [2.75, 3.05) is 18.5 Å². The monoisotopic (exact) mass is 318 g/mol. The van der Waals surface area contributed by atoms with Crippen LogP contribution < -0.4 is 10.2 Å². The number of nitrogens with one attached hydrogen (secondary N) is 1. The molecule has 0 fully saturated rings. The molecule has 0 aromatic heterocycles. The van der Waals surface area contributed by atoms with Crippen molar-refractivity contribution in [3.63, 3.8) is 0 Å². The Morgan fingerprint density at radius 2 is 1.62 bits per heavy atom. The molecule has 24 heavy (non-hydrogen) atoms. The number of fused-ring (bicyclic) bond motifs is 1. The van der Waals surface area contributed by atoms with Crippen molar-refractivity contribution in [2.45, 2.75) is 13.0 Å². The summed E-state index contributed by atoms with van der Waals surface area (Å²) in [5, 5.41) is 5.48. The zero-order chi connectivity index (χ0) is 16.9. The summed E-state index contributed by atoms with van der Waals surface area (Å²) in [6.45, 7) is 2.35. The Labute approximate surface area is 142 Å². The van der Waals surface area contributed by atoms with Crippen LogP contribution in [-0.4, -0.2) is 19.5 Å². The third-order valence-corrected chi connectivity index (χ3v) is 4.23. The maximum atomic E-state index is 12.3. The topological polar surface area (TPSA) is 32.3 Å². The second-order valence-corrected chi connectivity index (χ2v) is 6.09. The van der Waals surface area contributed by atoms with E-state index in [-0.39, 0.29) is 11.9 Å². The molecule has 0 aliphatic carbocycles. The van der Waals surface area contributed by atoms with Crippen LogP contribution in [0.4, 0.5) is 5.69 Å². The van der Waals surface area contributed by atoms with Gasteiger partial charge in [0.15, 0.2) is 0 Å². The van der Waals surface area contributed by atoms with Crippen molar-refractivity contribution >= 4 is 22.4 Å². The van der Waals surface area contributed by atoms with E-state index in [0.29, 0.717) is 6.54 Å². The van der Waals surface area contributed by atoms with Gasteiger partial charge in [-0.3, -0.25) is 4.79 Å². The van der Waals surface area contributed by atoms with E-state index in [2.05, 4.69) is 35.6 Å². The highest BCUT2D eigenvalue weighted by Crippen LogP contribution is 2.20. The average molecular weight is 318 g/mol. The van der Waals surface area contributed by atoms with Gasteiger partial charge in [-0.15, -0.1) is 0 Å². The molecule has 3 nitrogen and oxygen atoms in total. The summed E-state index contributed by atoms with van der Waals surface area (Å²) in [6.07, 6.45) is 0. The minimum absolute atomic E-state index is 0.0158. The number of hydrogen-bond acceptors (Lipinski definition) is 2. The largest absolute Gasteiger partial charge is 0.365 e. The van der Waals surface area contributed by atoms with Crippen LogP contribution in [0.25, 0.3) is 10.8 Å². The number of amides is 1. The Kier molecular flexibility index (Phi) is 4.80. The molecule has 3 aromatic rings. The number of rotatable bonds is 5. The summed E-state index contributed by atoms with van der Waals surface area (Å²) >= 11 is 0. The normalized spacial score (nSPS) is 11.9. The molecule has 0 aliphatic heterocycles. The summed E-state index contributed by atoms with van der Waals surface area (Å²) in [5.41, 5.74) is 2.15. The van der Waals surface area contributed by atoms with Gasteiger partial charge in [-0.25, -0.2) is 0 Å². The molecular formula is C21H22N2O. The number of para-hydroxylation sites is 1. The molecular weight excluding hydrogens is 296 g/mol.